The minimum Gasteiger partial charge on any atom is -0.508 e. The van der Waals surface area contributed by atoms with Gasteiger partial charge in [-0.15, -0.1) is 0 Å². The Kier molecular flexibility index (Phi) is 3.63. The van der Waals surface area contributed by atoms with Gasteiger partial charge in [0.15, 0.2) is 0 Å². The van der Waals surface area contributed by atoms with Crippen molar-refractivity contribution in [1.82, 2.24) is 9.47 Å². The summed E-state index contributed by atoms with van der Waals surface area (Å²) in [4.78, 5) is 2.82. The van der Waals surface area contributed by atoms with E-state index in [1.807, 2.05) is 12.1 Å². The summed E-state index contributed by atoms with van der Waals surface area (Å²) in [5.74, 6) is 2.85. The van der Waals surface area contributed by atoms with Crippen LogP contribution in [0.5, 0.6) is 5.75 Å². The van der Waals surface area contributed by atoms with Crippen molar-refractivity contribution in [2.45, 2.75) is 64.5 Å². The lowest BCUT2D eigenvalue weighted by molar-refractivity contribution is -0.0142. The first kappa shape index (κ1) is 15.7. The minimum atomic E-state index is 0.407. The fourth-order valence-corrected chi connectivity index (χ4v) is 6.41. The summed E-state index contributed by atoms with van der Waals surface area (Å²) < 4.78 is 2.62. The molecule has 3 aliphatic heterocycles. The lowest BCUT2D eigenvalue weighted by atomic mass is 9.65. The van der Waals surface area contributed by atoms with Gasteiger partial charge in [-0.25, -0.2) is 0 Å². The molecule has 134 valence electrons. The number of hydrogen-bond acceptors (Lipinski definition) is 2. The molecule has 1 aromatic heterocycles. The largest absolute Gasteiger partial charge is 0.508 e. The van der Waals surface area contributed by atoms with Crippen molar-refractivity contribution in [3.8, 4) is 5.75 Å². The third-order valence-corrected chi connectivity index (χ3v) is 7.20. The van der Waals surface area contributed by atoms with E-state index in [1.54, 1.807) is 5.69 Å². The maximum absolute atomic E-state index is 10.1. The second-order valence-corrected chi connectivity index (χ2v) is 8.56. The van der Waals surface area contributed by atoms with E-state index in [4.69, 9.17) is 0 Å². The smallest absolute Gasteiger partial charge is 0.116 e. The van der Waals surface area contributed by atoms with Gasteiger partial charge in [0.2, 0.25) is 0 Å². The Morgan fingerprint density at radius 2 is 2.08 bits per heavy atom. The monoisotopic (exact) mass is 338 g/mol. The molecule has 5 atom stereocenters. The number of hydrogen-bond donors (Lipinski definition) is 1. The van der Waals surface area contributed by atoms with E-state index in [2.05, 4.69) is 29.4 Å². The van der Waals surface area contributed by atoms with Crippen LogP contribution in [-0.4, -0.2) is 33.7 Å². The number of nitrogens with zero attached hydrogens (tertiary/aromatic N) is 2. The molecule has 1 aliphatic carbocycles. The average Bonchev–Trinajstić information content (AvgIpc) is 2.86. The molecule has 0 radical (unpaired) electrons. The van der Waals surface area contributed by atoms with E-state index in [0.29, 0.717) is 11.7 Å². The summed E-state index contributed by atoms with van der Waals surface area (Å²) in [5, 5.41) is 11.4. The molecule has 4 bridgehead atoms. The Morgan fingerprint density at radius 1 is 1.20 bits per heavy atom. The standard InChI is InChI=1S/C22H30N2O/c1-3-8-24-20-6-5-16(25)12-18(20)17-7-9-23-13-14-10-15(4-2)21(23)19(11-14)22(17)24/h5-6,12,14-15,19,21,25H,3-4,7-11,13H2,1-2H3. The number of benzene rings is 1. The van der Waals surface area contributed by atoms with Gasteiger partial charge in [-0.3, -0.25) is 4.90 Å². The van der Waals surface area contributed by atoms with Gasteiger partial charge in [-0.2, -0.15) is 0 Å². The Balaban J connectivity index is 1.74. The highest BCUT2D eigenvalue weighted by atomic mass is 16.3. The lowest BCUT2D eigenvalue weighted by Crippen LogP contribution is -2.56. The van der Waals surface area contributed by atoms with E-state index in [-0.39, 0.29) is 0 Å². The van der Waals surface area contributed by atoms with Crippen LogP contribution >= 0.6 is 0 Å². The quantitative estimate of drug-likeness (QED) is 0.891. The van der Waals surface area contributed by atoms with Gasteiger partial charge >= 0.3 is 0 Å². The molecular formula is C22H30N2O. The first-order valence-electron chi connectivity index (χ1n) is 10.3. The van der Waals surface area contributed by atoms with E-state index in [1.165, 1.54) is 55.2 Å². The molecule has 3 fully saturated rings. The number of fused-ring (bicyclic) bond motifs is 4. The van der Waals surface area contributed by atoms with Gasteiger partial charge in [0.1, 0.15) is 5.75 Å². The van der Waals surface area contributed by atoms with Crippen LogP contribution in [0.4, 0.5) is 0 Å². The van der Waals surface area contributed by atoms with Gasteiger partial charge in [0.05, 0.1) is 0 Å². The van der Waals surface area contributed by atoms with Gasteiger partial charge in [0.25, 0.3) is 0 Å². The van der Waals surface area contributed by atoms with Crippen molar-refractivity contribution in [3.63, 3.8) is 0 Å². The van der Waals surface area contributed by atoms with E-state index in [0.717, 1.165) is 30.8 Å². The number of aromatic nitrogens is 1. The zero-order valence-corrected chi connectivity index (χ0v) is 15.5. The summed E-state index contributed by atoms with van der Waals surface area (Å²) in [6.07, 6.45) is 6.44. The molecule has 1 saturated carbocycles. The van der Waals surface area contributed by atoms with Gasteiger partial charge in [-0.05, 0) is 61.3 Å². The Bertz CT molecular complexity index is 808. The average molecular weight is 338 g/mol. The van der Waals surface area contributed by atoms with Crippen molar-refractivity contribution in [2.75, 3.05) is 13.1 Å². The Hall–Kier alpha value is -1.48. The van der Waals surface area contributed by atoms with Crippen molar-refractivity contribution in [2.24, 2.45) is 11.8 Å². The molecule has 4 heterocycles. The molecule has 2 saturated heterocycles. The molecule has 0 amide bonds. The zero-order chi connectivity index (χ0) is 17.1. The van der Waals surface area contributed by atoms with Crippen LogP contribution in [0.2, 0.25) is 0 Å². The molecule has 1 aromatic carbocycles. The minimum absolute atomic E-state index is 0.407. The number of aromatic hydroxyl groups is 1. The molecule has 3 nitrogen and oxygen atoms in total. The molecule has 1 N–H and O–H groups in total. The molecular weight excluding hydrogens is 308 g/mol. The predicted octanol–water partition coefficient (Wildman–Crippen LogP) is 4.52. The second-order valence-electron chi connectivity index (χ2n) is 8.56. The van der Waals surface area contributed by atoms with E-state index >= 15 is 0 Å². The van der Waals surface area contributed by atoms with Crippen molar-refractivity contribution >= 4 is 10.9 Å². The molecule has 3 heteroatoms. The molecule has 5 unspecified atom stereocenters. The molecule has 2 aromatic rings. The topological polar surface area (TPSA) is 28.4 Å². The van der Waals surface area contributed by atoms with Crippen molar-refractivity contribution < 1.29 is 5.11 Å². The first-order valence-corrected chi connectivity index (χ1v) is 10.3. The summed E-state index contributed by atoms with van der Waals surface area (Å²) in [6.45, 7) is 8.28. The fraction of sp³-hybridized carbons (Fsp3) is 0.636. The highest BCUT2D eigenvalue weighted by Crippen LogP contribution is 2.52. The van der Waals surface area contributed by atoms with Crippen LogP contribution in [0.3, 0.4) is 0 Å². The maximum Gasteiger partial charge on any atom is 0.116 e. The molecule has 6 rings (SSSR count). The van der Waals surface area contributed by atoms with Crippen LogP contribution < -0.4 is 0 Å². The Labute approximate surface area is 150 Å². The first-order chi connectivity index (χ1) is 12.2. The maximum atomic E-state index is 10.1. The summed E-state index contributed by atoms with van der Waals surface area (Å²) in [7, 11) is 0. The van der Waals surface area contributed by atoms with Crippen LogP contribution in [0.25, 0.3) is 10.9 Å². The fourth-order valence-electron chi connectivity index (χ4n) is 6.41. The summed E-state index contributed by atoms with van der Waals surface area (Å²) in [6, 6.07) is 6.76. The number of phenols is 1. The van der Waals surface area contributed by atoms with Crippen LogP contribution in [0, 0.1) is 11.8 Å². The molecule has 0 spiro atoms. The number of phenolic OH excluding ortho intramolecular Hbond substituents is 1. The third kappa shape index (κ3) is 2.21. The zero-order valence-electron chi connectivity index (χ0n) is 15.5. The second kappa shape index (κ2) is 5.77. The highest BCUT2D eigenvalue weighted by Gasteiger charge is 2.49. The van der Waals surface area contributed by atoms with E-state index < -0.39 is 0 Å². The van der Waals surface area contributed by atoms with Crippen molar-refractivity contribution in [1.29, 1.82) is 0 Å². The lowest BCUT2D eigenvalue weighted by Gasteiger charge is -2.53. The van der Waals surface area contributed by atoms with Gasteiger partial charge in [0, 0.05) is 48.2 Å². The third-order valence-electron chi connectivity index (χ3n) is 7.20. The van der Waals surface area contributed by atoms with Crippen LogP contribution in [-0.2, 0) is 13.0 Å². The van der Waals surface area contributed by atoms with Gasteiger partial charge < -0.3 is 9.67 Å². The van der Waals surface area contributed by atoms with Crippen LogP contribution in [0.15, 0.2) is 18.2 Å². The van der Waals surface area contributed by atoms with Gasteiger partial charge in [-0.1, -0.05) is 20.3 Å². The summed E-state index contributed by atoms with van der Waals surface area (Å²) in [5.41, 5.74) is 4.50. The molecule has 4 aliphatic rings. The Morgan fingerprint density at radius 3 is 2.88 bits per heavy atom. The van der Waals surface area contributed by atoms with E-state index in [9.17, 15) is 5.11 Å². The summed E-state index contributed by atoms with van der Waals surface area (Å²) >= 11 is 0. The number of aryl methyl sites for hydroxylation is 1. The normalized spacial score (nSPS) is 33.4. The highest BCUT2D eigenvalue weighted by molar-refractivity contribution is 5.87. The predicted molar refractivity (Wildman–Crippen MR) is 102 cm³/mol. The van der Waals surface area contributed by atoms with Crippen LogP contribution in [0.1, 0.15) is 56.7 Å². The number of piperidine rings is 2. The SMILES string of the molecule is CCCn1c2c(c3cc(O)ccc31)CCN1CC3CC(CC)C1C2C3. The van der Waals surface area contributed by atoms with Crippen molar-refractivity contribution in [3.05, 3.63) is 29.5 Å². The number of rotatable bonds is 3. The molecule has 25 heavy (non-hydrogen) atoms.